The van der Waals surface area contributed by atoms with Gasteiger partial charge in [0.1, 0.15) is 5.78 Å². The molecule has 1 rings (SSSR count). The first-order valence-corrected chi connectivity index (χ1v) is 5.68. The van der Waals surface area contributed by atoms with E-state index in [0.717, 1.165) is 31.6 Å². The van der Waals surface area contributed by atoms with E-state index < -0.39 is 0 Å². The van der Waals surface area contributed by atoms with Crippen molar-refractivity contribution in [3.63, 3.8) is 0 Å². The molecule has 0 unspecified atom stereocenters. The first kappa shape index (κ1) is 12.7. The van der Waals surface area contributed by atoms with Gasteiger partial charge >= 0.3 is 0 Å². The maximum atomic E-state index is 10.2. The molecular weight excluding hydrogens is 160 g/mol. The van der Waals surface area contributed by atoms with Gasteiger partial charge in [-0.1, -0.05) is 40.0 Å². The Labute approximate surface area is 82.9 Å². The van der Waals surface area contributed by atoms with Crippen LogP contribution in [-0.4, -0.2) is 5.78 Å². The Morgan fingerprint density at radius 1 is 1.23 bits per heavy atom. The molecule has 0 aromatic carbocycles. The van der Waals surface area contributed by atoms with E-state index in [2.05, 4.69) is 20.8 Å². The van der Waals surface area contributed by atoms with Crippen LogP contribution in [-0.2, 0) is 4.79 Å². The molecule has 0 bridgehead atoms. The van der Waals surface area contributed by atoms with E-state index in [1.807, 2.05) is 0 Å². The smallest absolute Gasteiger partial charge is 0.132 e. The molecule has 0 atom stereocenters. The Morgan fingerprint density at radius 2 is 1.77 bits per heavy atom. The summed E-state index contributed by atoms with van der Waals surface area (Å²) in [6.45, 7) is 6.79. The van der Waals surface area contributed by atoms with Crippen molar-refractivity contribution < 1.29 is 4.79 Å². The van der Waals surface area contributed by atoms with Crippen LogP contribution in [0.25, 0.3) is 0 Å². The van der Waals surface area contributed by atoms with Gasteiger partial charge in [-0.05, 0) is 18.8 Å². The minimum atomic E-state index is 0.454. The van der Waals surface area contributed by atoms with Crippen LogP contribution in [0, 0.1) is 5.92 Å². The second-order valence-electron chi connectivity index (χ2n) is 4.28. The van der Waals surface area contributed by atoms with Crippen LogP contribution in [0.15, 0.2) is 0 Å². The maximum absolute atomic E-state index is 10.2. The van der Waals surface area contributed by atoms with Crippen LogP contribution < -0.4 is 0 Å². The normalized spacial score (nSPS) is 15.8. The van der Waals surface area contributed by atoms with Gasteiger partial charge < -0.3 is 0 Å². The molecule has 13 heavy (non-hydrogen) atoms. The zero-order valence-corrected chi connectivity index (χ0v) is 9.44. The molecule has 1 heteroatoms. The van der Waals surface area contributed by atoms with Crippen molar-refractivity contribution >= 4 is 5.78 Å². The zero-order valence-electron chi connectivity index (χ0n) is 9.44. The fraction of sp³-hybridized carbons (Fsp3) is 0.917. The molecule has 0 amide bonds. The highest BCUT2D eigenvalue weighted by Gasteiger charge is 2.07. The number of rotatable bonds is 3. The average molecular weight is 184 g/mol. The number of ketones is 1. The van der Waals surface area contributed by atoms with E-state index >= 15 is 0 Å². The fourth-order valence-corrected chi connectivity index (χ4v) is 1.38. The van der Waals surface area contributed by atoms with Gasteiger partial charge in [0.15, 0.2) is 0 Å². The maximum Gasteiger partial charge on any atom is 0.132 e. The lowest BCUT2D eigenvalue weighted by Gasteiger charge is -1.98. The molecule has 0 aromatic heterocycles. The zero-order chi connectivity index (χ0) is 10.1. The number of Topliss-reactive ketones (excluding diaryl/α,β-unsaturated/α-hetero) is 1. The van der Waals surface area contributed by atoms with Crippen molar-refractivity contribution in [2.75, 3.05) is 0 Å². The number of hydrogen-bond acceptors (Lipinski definition) is 1. The first-order chi connectivity index (χ1) is 6.16. The Kier molecular flexibility index (Phi) is 8.07. The standard InChI is InChI=1S/C7H16.C5H8O/c1-4-5-6-7(2)3;6-5-3-1-2-4-5/h7H,4-6H2,1-3H3;1-4H2. The summed E-state index contributed by atoms with van der Waals surface area (Å²) in [5.41, 5.74) is 0. The molecule has 0 N–H and O–H groups in total. The number of carbonyl (C=O) groups is 1. The first-order valence-electron chi connectivity index (χ1n) is 5.68. The van der Waals surface area contributed by atoms with Gasteiger partial charge in [-0.3, -0.25) is 4.79 Å². The van der Waals surface area contributed by atoms with Crippen molar-refractivity contribution in [3.05, 3.63) is 0 Å². The summed E-state index contributed by atoms with van der Waals surface area (Å²) < 4.78 is 0. The summed E-state index contributed by atoms with van der Waals surface area (Å²) in [6, 6.07) is 0. The molecule has 1 aliphatic carbocycles. The Hall–Kier alpha value is -0.330. The van der Waals surface area contributed by atoms with E-state index in [9.17, 15) is 4.79 Å². The lowest BCUT2D eigenvalue weighted by atomic mass is 10.1. The summed E-state index contributed by atoms with van der Waals surface area (Å²) in [5.74, 6) is 1.36. The number of hydrogen-bond donors (Lipinski definition) is 0. The largest absolute Gasteiger partial charge is 0.300 e. The Morgan fingerprint density at radius 3 is 1.92 bits per heavy atom. The summed E-state index contributed by atoms with van der Waals surface area (Å²) in [4.78, 5) is 10.2. The van der Waals surface area contributed by atoms with Crippen LogP contribution in [0.2, 0.25) is 0 Å². The average Bonchev–Trinajstić information content (AvgIpc) is 2.53. The van der Waals surface area contributed by atoms with E-state index in [4.69, 9.17) is 0 Å². The van der Waals surface area contributed by atoms with Crippen LogP contribution >= 0.6 is 0 Å². The monoisotopic (exact) mass is 184 g/mol. The van der Waals surface area contributed by atoms with E-state index in [-0.39, 0.29) is 0 Å². The SMILES string of the molecule is CCCCC(C)C.O=C1CCCC1. The van der Waals surface area contributed by atoms with Gasteiger partial charge in [0.25, 0.3) is 0 Å². The second kappa shape index (κ2) is 8.28. The molecule has 1 nitrogen and oxygen atoms in total. The molecular formula is C12H24O. The molecule has 0 aromatic rings. The quantitative estimate of drug-likeness (QED) is 0.648. The van der Waals surface area contributed by atoms with Crippen molar-refractivity contribution in [1.29, 1.82) is 0 Å². The summed E-state index contributed by atoms with van der Waals surface area (Å²) in [5, 5.41) is 0. The minimum absolute atomic E-state index is 0.454. The molecule has 0 aliphatic heterocycles. The van der Waals surface area contributed by atoms with Gasteiger partial charge in [0.2, 0.25) is 0 Å². The van der Waals surface area contributed by atoms with Gasteiger partial charge in [-0.25, -0.2) is 0 Å². The van der Waals surface area contributed by atoms with E-state index in [1.54, 1.807) is 0 Å². The van der Waals surface area contributed by atoms with Crippen LogP contribution in [0.5, 0.6) is 0 Å². The minimum Gasteiger partial charge on any atom is -0.300 e. The predicted molar refractivity (Wildman–Crippen MR) is 57.8 cm³/mol. The molecule has 1 aliphatic rings. The fourth-order valence-electron chi connectivity index (χ4n) is 1.38. The summed E-state index contributed by atoms with van der Waals surface area (Å²) in [6.07, 6.45) is 8.12. The van der Waals surface area contributed by atoms with Crippen molar-refractivity contribution in [2.24, 2.45) is 5.92 Å². The highest BCUT2D eigenvalue weighted by Crippen LogP contribution is 2.11. The molecule has 78 valence electrons. The summed E-state index contributed by atoms with van der Waals surface area (Å²) in [7, 11) is 0. The van der Waals surface area contributed by atoms with E-state index in [0.29, 0.717) is 5.78 Å². The van der Waals surface area contributed by atoms with E-state index in [1.165, 1.54) is 19.3 Å². The van der Waals surface area contributed by atoms with Crippen molar-refractivity contribution in [3.8, 4) is 0 Å². The predicted octanol–water partition coefficient (Wildman–Crippen LogP) is 3.96. The van der Waals surface area contributed by atoms with Gasteiger partial charge in [0, 0.05) is 12.8 Å². The number of carbonyl (C=O) groups excluding carboxylic acids is 1. The van der Waals surface area contributed by atoms with Crippen LogP contribution in [0.4, 0.5) is 0 Å². The molecule has 1 fully saturated rings. The van der Waals surface area contributed by atoms with Crippen molar-refractivity contribution in [1.82, 2.24) is 0 Å². The van der Waals surface area contributed by atoms with Crippen LogP contribution in [0.1, 0.15) is 65.7 Å². The molecule has 0 radical (unpaired) electrons. The molecule has 0 spiro atoms. The second-order valence-corrected chi connectivity index (χ2v) is 4.28. The third kappa shape index (κ3) is 9.59. The highest BCUT2D eigenvalue weighted by molar-refractivity contribution is 5.79. The molecule has 1 saturated carbocycles. The third-order valence-electron chi connectivity index (χ3n) is 2.30. The Balaban J connectivity index is 0.000000223. The molecule has 0 saturated heterocycles. The number of unbranched alkanes of at least 4 members (excludes halogenated alkanes) is 1. The third-order valence-corrected chi connectivity index (χ3v) is 2.30. The summed E-state index contributed by atoms with van der Waals surface area (Å²) >= 11 is 0. The Bertz CT molecular complexity index is 119. The lowest BCUT2D eigenvalue weighted by molar-refractivity contribution is -0.117. The molecule has 0 heterocycles. The lowest BCUT2D eigenvalue weighted by Crippen LogP contribution is -1.83. The van der Waals surface area contributed by atoms with Gasteiger partial charge in [0.05, 0.1) is 0 Å². The van der Waals surface area contributed by atoms with Gasteiger partial charge in [-0.2, -0.15) is 0 Å². The van der Waals surface area contributed by atoms with Crippen molar-refractivity contribution in [2.45, 2.75) is 65.7 Å². The topological polar surface area (TPSA) is 17.1 Å². The van der Waals surface area contributed by atoms with Crippen LogP contribution in [0.3, 0.4) is 0 Å². The van der Waals surface area contributed by atoms with Gasteiger partial charge in [-0.15, -0.1) is 0 Å². The highest BCUT2D eigenvalue weighted by atomic mass is 16.1.